The molecule has 10 nitrogen and oxygen atoms in total. The number of esters is 1. The second kappa shape index (κ2) is 36.8. The van der Waals surface area contributed by atoms with Crippen LogP contribution in [0.2, 0.25) is 0 Å². The number of nitrogens with two attached hydrogens (primary N) is 1. The smallest absolute Gasteiger partial charge is 0.472 e. The van der Waals surface area contributed by atoms with Gasteiger partial charge >= 0.3 is 19.8 Å². The topological polar surface area (TPSA) is 155 Å². The van der Waals surface area contributed by atoms with Crippen molar-refractivity contribution in [3.63, 3.8) is 0 Å². The summed E-state index contributed by atoms with van der Waals surface area (Å²) in [6.45, 7) is 3.57. The average Bonchev–Trinajstić information content (AvgIpc) is 3.12. The summed E-state index contributed by atoms with van der Waals surface area (Å²) in [6.07, 6.45) is 44.0. The first-order valence-electron chi connectivity index (χ1n) is 19.5. The minimum absolute atomic E-state index is 0.0256. The highest BCUT2D eigenvalue weighted by atomic mass is 31.2. The number of rotatable bonds is 36. The molecule has 0 radical (unpaired) electrons. The maximum absolute atomic E-state index is 12.5. The number of carbonyl (C=O) groups is 2. The third-order valence-electron chi connectivity index (χ3n) is 7.75. The summed E-state index contributed by atoms with van der Waals surface area (Å²) >= 11 is 0. The van der Waals surface area contributed by atoms with Crippen LogP contribution >= 0.6 is 7.82 Å². The molecule has 0 saturated carbocycles. The van der Waals surface area contributed by atoms with Gasteiger partial charge in [-0.05, 0) is 57.8 Å². The molecule has 0 aromatic rings. The fourth-order valence-corrected chi connectivity index (χ4v) is 5.51. The minimum Gasteiger partial charge on any atom is -0.480 e. The molecule has 0 heterocycles. The number of ether oxygens (including phenoxy) is 2. The van der Waals surface area contributed by atoms with Crippen molar-refractivity contribution in [1.29, 1.82) is 0 Å². The first-order chi connectivity index (χ1) is 25.2. The van der Waals surface area contributed by atoms with Crippen LogP contribution in [-0.4, -0.2) is 60.5 Å². The Balaban J connectivity index is 4.38. The maximum atomic E-state index is 12.5. The van der Waals surface area contributed by atoms with Gasteiger partial charge in [-0.3, -0.25) is 18.6 Å². The lowest BCUT2D eigenvalue weighted by molar-refractivity contribution is -0.154. The lowest BCUT2D eigenvalue weighted by Crippen LogP contribution is -2.34. The third kappa shape index (κ3) is 35.8. The zero-order valence-electron chi connectivity index (χ0n) is 32.1. The SMILES string of the molecule is CC/C=C\C/C=C\C/C=C\C/C=C\C/C=C\C/C=C\CCCOCC(COP(=O)(O)OCC(N)C(=O)O)OC(=O)CCCCCCCCCCCC. The number of aliphatic carboxylic acids is 1. The predicted molar refractivity (Wildman–Crippen MR) is 212 cm³/mol. The Morgan fingerprint density at radius 3 is 1.60 bits per heavy atom. The summed E-state index contributed by atoms with van der Waals surface area (Å²) < 4.78 is 33.1. The number of carboxylic acid groups (broad SMARTS) is 1. The molecular weight excluding hydrogens is 681 g/mol. The molecule has 0 rings (SSSR count). The zero-order chi connectivity index (χ0) is 38.4. The van der Waals surface area contributed by atoms with Gasteiger partial charge in [0.05, 0.1) is 19.8 Å². The highest BCUT2D eigenvalue weighted by molar-refractivity contribution is 7.47. The first kappa shape index (κ1) is 49.4. The van der Waals surface area contributed by atoms with E-state index >= 15 is 0 Å². The number of hydrogen-bond donors (Lipinski definition) is 3. The summed E-state index contributed by atoms with van der Waals surface area (Å²) in [5.74, 6) is -1.81. The molecule has 0 fully saturated rings. The summed E-state index contributed by atoms with van der Waals surface area (Å²) in [5.41, 5.74) is 5.33. The largest absolute Gasteiger partial charge is 0.480 e. The van der Waals surface area contributed by atoms with E-state index in [1.54, 1.807) is 0 Å². The van der Waals surface area contributed by atoms with Crippen molar-refractivity contribution >= 4 is 19.8 Å². The number of carboxylic acids is 1. The molecule has 3 unspecified atom stereocenters. The Bertz CT molecular complexity index is 1100. The molecule has 298 valence electrons. The van der Waals surface area contributed by atoms with Gasteiger partial charge in [0, 0.05) is 13.0 Å². The van der Waals surface area contributed by atoms with Crippen LogP contribution < -0.4 is 5.73 Å². The molecular formula is C41H70NO9P. The Labute approximate surface area is 314 Å². The first-order valence-corrected chi connectivity index (χ1v) is 21.0. The Hall–Kier alpha value is -2.59. The third-order valence-corrected chi connectivity index (χ3v) is 8.70. The standard InChI is InChI=1S/C41H70NO9P/c1-3-5-7-9-11-13-15-16-17-18-19-20-21-22-23-24-26-28-30-32-34-48-35-38(36-49-52(46,47)50-37-39(42)41(44)45)51-40(43)33-31-29-27-25-14-12-10-8-6-4-2/h5,7,11,13,16-17,19-20,22-23,26,28,38-39H,3-4,6,8-10,12,14-15,18,21,24-25,27,29-37,42H2,1-2H3,(H,44,45)(H,46,47)/b7-5-,13-11-,17-16-,20-19-,23-22-,28-26-. The Kier molecular flexibility index (Phi) is 34.9. The summed E-state index contributed by atoms with van der Waals surface area (Å²) in [6, 6.07) is -1.48. The van der Waals surface area contributed by atoms with Crippen LogP contribution in [0.5, 0.6) is 0 Å². The van der Waals surface area contributed by atoms with Crippen molar-refractivity contribution in [2.24, 2.45) is 5.73 Å². The van der Waals surface area contributed by atoms with Crippen LogP contribution in [0.3, 0.4) is 0 Å². The van der Waals surface area contributed by atoms with Gasteiger partial charge in [0.2, 0.25) is 0 Å². The number of carbonyl (C=O) groups excluding carboxylic acids is 1. The van der Waals surface area contributed by atoms with Crippen molar-refractivity contribution < 1.29 is 42.7 Å². The van der Waals surface area contributed by atoms with E-state index in [0.717, 1.165) is 70.6 Å². The van der Waals surface area contributed by atoms with Crippen molar-refractivity contribution in [3.8, 4) is 0 Å². The quantitative estimate of drug-likeness (QED) is 0.0244. The Morgan fingerprint density at radius 1 is 0.635 bits per heavy atom. The van der Waals surface area contributed by atoms with E-state index in [1.807, 2.05) is 0 Å². The van der Waals surface area contributed by atoms with E-state index in [4.69, 9.17) is 24.8 Å². The van der Waals surface area contributed by atoms with Crippen molar-refractivity contribution in [2.75, 3.05) is 26.4 Å². The van der Waals surface area contributed by atoms with Crippen LogP contribution in [0, 0.1) is 0 Å². The summed E-state index contributed by atoms with van der Waals surface area (Å²) in [7, 11) is -4.63. The minimum atomic E-state index is -4.63. The highest BCUT2D eigenvalue weighted by Crippen LogP contribution is 2.43. The molecule has 4 N–H and O–H groups in total. The molecule has 0 amide bonds. The molecule has 0 aliphatic carbocycles. The van der Waals surface area contributed by atoms with Crippen LogP contribution in [0.15, 0.2) is 72.9 Å². The van der Waals surface area contributed by atoms with Gasteiger partial charge in [-0.1, -0.05) is 145 Å². The molecule has 11 heteroatoms. The number of unbranched alkanes of at least 4 members (excludes halogenated alkanes) is 10. The van der Waals surface area contributed by atoms with Crippen LogP contribution in [0.4, 0.5) is 0 Å². The normalized spacial score (nSPS) is 14.8. The lowest BCUT2D eigenvalue weighted by Gasteiger charge is -2.20. The lowest BCUT2D eigenvalue weighted by atomic mass is 10.1. The number of phosphoric acid groups is 1. The van der Waals surface area contributed by atoms with Crippen molar-refractivity contribution in [1.82, 2.24) is 0 Å². The van der Waals surface area contributed by atoms with Gasteiger partial charge in [-0.15, -0.1) is 0 Å². The summed E-state index contributed by atoms with van der Waals surface area (Å²) in [4.78, 5) is 33.3. The molecule has 0 saturated heterocycles. The van der Waals surface area contributed by atoms with Crippen LogP contribution in [0.25, 0.3) is 0 Å². The fraction of sp³-hybridized carbons (Fsp3) is 0.659. The van der Waals surface area contributed by atoms with Gasteiger partial charge in [0.25, 0.3) is 0 Å². The number of allylic oxidation sites excluding steroid dienone is 12. The van der Waals surface area contributed by atoms with E-state index in [1.165, 1.54) is 38.5 Å². The average molecular weight is 752 g/mol. The second-order valence-electron chi connectivity index (χ2n) is 12.7. The predicted octanol–water partition coefficient (Wildman–Crippen LogP) is 10.2. The van der Waals surface area contributed by atoms with E-state index in [-0.39, 0.29) is 13.0 Å². The van der Waals surface area contributed by atoms with E-state index < -0.39 is 45.1 Å². The molecule has 0 aliphatic heterocycles. The molecule has 0 spiro atoms. The zero-order valence-corrected chi connectivity index (χ0v) is 33.0. The fourth-order valence-electron chi connectivity index (χ4n) is 4.74. The number of hydrogen-bond acceptors (Lipinski definition) is 8. The monoisotopic (exact) mass is 751 g/mol. The maximum Gasteiger partial charge on any atom is 0.472 e. The van der Waals surface area contributed by atoms with Crippen LogP contribution in [-0.2, 0) is 32.7 Å². The highest BCUT2D eigenvalue weighted by Gasteiger charge is 2.27. The molecule has 52 heavy (non-hydrogen) atoms. The molecule has 0 aromatic heterocycles. The Morgan fingerprint density at radius 2 is 1.10 bits per heavy atom. The van der Waals surface area contributed by atoms with E-state index in [2.05, 4.69) is 91.3 Å². The second-order valence-corrected chi connectivity index (χ2v) is 14.1. The number of phosphoric ester groups is 1. The van der Waals surface area contributed by atoms with Gasteiger partial charge in [0.15, 0.2) is 0 Å². The van der Waals surface area contributed by atoms with Gasteiger partial charge < -0.3 is 25.2 Å². The van der Waals surface area contributed by atoms with E-state index in [9.17, 15) is 19.0 Å². The van der Waals surface area contributed by atoms with Crippen LogP contribution in [0.1, 0.15) is 136 Å². The van der Waals surface area contributed by atoms with Gasteiger partial charge in [-0.25, -0.2) is 4.57 Å². The molecule has 0 aromatic carbocycles. The molecule has 3 atom stereocenters. The summed E-state index contributed by atoms with van der Waals surface area (Å²) in [5, 5.41) is 8.86. The van der Waals surface area contributed by atoms with E-state index in [0.29, 0.717) is 13.0 Å². The van der Waals surface area contributed by atoms with Gasteiger partial charge in [-0.2, -0.15) is 0 Å². The van der Waals surface area contributed by atoms with Crippen molar-refractivity contribution in [3.05, 3.63) is 72.9 Å². The van der Waals surface area contributed by atoms with Crippen molar-refractivity contribution in [2.45, 2.75) is 148 Å². The van der Waals surface area contributed by atoms with Gasteiger partial charge in [0.1, 0.15) is 12.1 Å². The molecule has 0 aliphatic rings. The molecule has 0 bridgehead atoms.